The highest BCUT2D eigenvalue weighted by atomic mass is 15.2. The van der Waals surface area contributed by atoms with Gasteiger partial charge >= 0.3 is 0 Å². The van der Waals surface area contributed by atoms with Crippen LogP contribution in [0.3, 0.4) is 0 Å². The molecule has 2 heteroatoms. The first kappa shape index (κ1) is 11.0. The van der Waals surface area contributed by atoms with Crippen LogP contribution in [-0.4, -0.2) is 36.1 Å². The van der Waals surface area contributed by atoms with Gasteiger partial charge in [-0.3, -0.25) is 0 Å². The Bertz CT molecular complexity index is 152. The number of hydrogen-bond donors (Lipinski definition) is 1. The smallest absolute Gasteiger partial charge is 0.0137 e. The van der Waals surface area contributed by atoms with Crippen molar-refractivity contribution in [3.8, 4) is 0 Å². The predicted molar refractivity (Wildman–Crippen MR) is 58.0 cm³/mol. The first-order valence-corrected chi connectivity index (χ1v) is 5.50. The summed E-state index contributed by atoms with van der Waals surface area (Å²) >= 11 is 0. The summed E-state index contributed by atoms with van der Waals surface area (Å²) in [6.45, 7) is 12.8. The maximum atomic E-state index is 3.59. The molecule has 1 saturated heterocycles. The van der Waals surface area contributed by atoms with E-state index in [0.29, 0.717) is 11.6 Å². The lowest BCUT2D eigenvalue weighted by Gasteiger charge is -2.35. The Labute approximate surface area is 82.7 Å². The van der Waals surface area contributed by atoms with Gasteiger partial charge < -0.3 is 10.2 Å². The molecule has 0 saturated carbocycles. The molecule has 0 aromatic rings. The molecule has 1 aliphatic heterocycles. The molecule has 13 heavy (non-hydrogen) atoms. The molecule has 0 spiro atoms. The van der Waals surface area contributed by atoms with Crippen molar-refractivity contribution in [3.63, 3.8) is 0 Å². The van der Waals surface area contributed by atoms with E-state index in [9.17, 15) is 0 Å². The summed E-state index contributed by atoms with van der Waals surface area (Å²) in [5, 5.41) is 3.59. The van der Waals surface area contributed by atoms with Crippen molar-refractivity contribution in [2.24, 2.45) is 0 Å². The van der Waals surface area contributed by atoms with E-state index in [1.807, 2.05) is 0 Å². The van der Waals surface area contributed by atoms with Crippen molar-refractivity contribution in [2.75, 3.05) is 19.6 Å². The van der Waals surface area contributed by atoms with Crippen LogP contribution in [0.15, 0.2) is 0 Å². The SMILES string of the molecule is CC(C)N1CCCNC(C)(C)CC1. The van der Waals surface area contributed by atoms with Crippen molar-refractivity contribution in [2.45, 2.75) is 52.1 Å². The fourth-order valence-electron chi connectivity index (χ4n) is 1.85. The van der Waals surface area contributed by atoms with Gasteiger partial charge in [-0.05, 0) is 53.6 Å². The van der Waals surface area contributed by atoms with Gasteiger partial charge in [-0.25, -0.2) is 0 Å². The molecule has 0 unspecified atom stereocenters. The van der Waals surface area contributed by atoms with Gasteiger partial charge in [-0.2, -0.15) is 0 Å². The Kier molecular flexibility index (Phi) is 3.74. The van der Waals surface area contributed by atoms with Crippen LogP contribution in [0.2, 0.25) is 0 Å². The third kappa shape index (κ3) is 3.65. The molecule has 0 bridgehead atoms. The molecule has 1 aliphatic rings. The molecule has 2 nitrogen and oxygen atoms in total. The number of rotatable bonds is 1. The number of nitrogens with one attached hydrogen (secondary N) is 1. The minimum absolute atomic E-state index is 0.327. The van der Waals surface area contributed by atoms with Crippen LogP contribution in [0.4, 0.5) is 0 Å². The zero-order valence-corrected chi connectivity index (χ0v) is 9.56. The summed E-state index contributed by atoms with van der Waals surface area (Å²) < 4.78 is 0. The molecule has 78 valence electrons. The van der Waals surface area contributed by atoms with Crippen molar-refractivity contribution in [1.82, 2.24) is 10.2 Å². The second kappa shape index (κ2) is 4.43. The van der Waals surface area contributed by atoms with Gasteiger partial charge in [0.2, 0.25) is 0 Å². The quantitative estimate of drug-likeness (QED) is 0.669. The van der Waals surface area contributed by atoms with Crippen LogP contribution >= 0.6 is 0 Å². The average Bonchev–Trinajstić information content (AvgIpc) is 1.98. The van der Waals surface area contributed by atoms with Crippen molar-refractivity contribution in [1.29, 1.82) is 0 Å². The van der Waals surface area contributed by atoms with E-state index in [-0.39, 0.29) is 0 Å². The third-order valence-electron chi connectivity index (χ3n) is 2.98. The van der Waals surface area contributed by atoms with E-state index >= 15 is 0 Å². The van der Waals surface area contributed by atoms with Crippen molar-refractivity contribution in [3.05, 3.63) is 0 Å². The zero-order valence-electron chi connectivity index (χ0n) is 9.56. The fourth-order valence-corrected chi connectivity index (χ4v) is 1.85. The van der Waals surface area contributed by atoms with Crippen LogP contribution in [0.25, 0.3) is 0 Å². The molecular formula is C11H24N2. The topological polar surface area (TPSA) is 15.3 Å². The fraction of sp³-hybridized carbons (Fsp3) is 1.00. The molecule has 0 aliphatic carbocycles. The number of hydrogen-bond acceptors (Lipinski definition) is 2. The lowest BCUT2D eigenvalue weighted by Crippen LogP contribution is -2.47. The van der Waals surface area contributed by atoms with Crippen LogP contribution in [0, 0.1) is 0 Å². The standard InChI is InChI=1S/C11H24N2/c1-10(2)13-8-5-7-12-11(3,4)6-9-13/h10,12H,5-9H2,1-4H3. The van der Waals surface area contributed by atoms with Crippen LogP contribution in [0.1, 0.15) is 40.5 Å². The summed E-state index contributed by atoms with van der Waals surface area (Å²) in [7, 11) is 0. The Balaban J connectivity index is 2.45. The zero-order chi connectivity index (χ0) is 9.90. The molecule has 1 N–H and O–H groups in total. The highest BCUT2D eigenvalue weighted by Crippen LogP contribution is 2.13. The Morgan fingerprint density at radius 1 is 1.23 bits per heavy atom. The molecular weight excluding hydrogens is 160 g/mol. The summed E-state index contributed by atoms with van der Waals surface area (Å²) in [6, 6.07) is 0.703. The van der Waals surface area contributed by atoms with E-state index in [2.05, 4.69) is 37.9 Å². The molecule has 1 fully saturated rings. The van der Waals surface area contributed by atoms with Crippen LogP contribution in [-0.2, 0) is 0 Å². The highest BCUT2D eigenvalue weighted by molar-refractivity contribution is 4.82. The molecule has 1 heterocycles. The minimum Gasteiger partial charge on any atom is -0.312 e. The molecule has 0 atom stereocenters. The lowest BCUT2D eigenvalue weighted by atomic mass is 9.98. The first-order valence-electron chi connectivity index (χ1n) is 5.50. The van der Waals surface area contributed by atoms with Crippen LogP contribution < -0.4 is 5.32 Å². The van der Waals surface area contributed by atoms with Crippen LogP contribution in [0.5, 0.6) is 0 Å². The van der Waals surface area contributed by atoms with Gasteiger partial charge in [-0.1, -0.05) is 0 Å². The van der Waals surface area contributed by atoms with Gasteiger partial charge in [-0.15, -0.1) is 0 Å². The van der Waals surface area contributed by atoms with E-state index in [4.69, 9.17) is 0 Å². The van der Waals surface area contributed by atoms with Crippen molar-refractivity contribution < 1.29 is 0 Å². The summed E-state index contributed by atoms with van der Waals surface area (Å²) in [4.78, 5) is 2.59. The highest BCUT2D eigenvalue weighted by Gasteiger charge is 2.21. The summed E-state index contributed by atoms with van der Waals surface area (Å²) in [5.41, 5.74) is 0.327. The summed E-state index contributed by atoms with van der Waals surface area (Å²) in [5.74, 6) is 0. The Morgan fingerprint density at radius 2 is 1.92 bits per heavy atom. The Hall–Kier alpha value is -0.0800. The van der Waals surface area contributed by atoms with Gasteiger partial charge in [0.15, 0.2) is 0 Å². The van der Waals surface area contributed by atoms with Crippen molar-refractivity contribution >= 4 is 0 Å². The molecule has 1 rings (SSSR count). The molecule has 0 aromatic carbocycles. The minimum atomic E-state index is 0.327. The largest absolute Gasteiger partial charge is 0.312 e. The van der Waals surface area contributed by atoms with E-state index in [1.54, 1.807) is 0 Å². The lowest BCUT2D eigenvalue weighted by molar-refractivity contribution is 0.171. The monoisotopic (exact) mass is 184 g/mol. The molecule has 0 radical (unpaired) electrons. The normalized spacial score (nSPS) is 25.6. The van der Waals surface area contributed by atoms with E-state index in [1.165, 1.54) is 25.9 Å². The average molecular weight is 184 g/mol. The summed E-state index contributed by atoms with van der Waals surface area (Å²) in [6.07, 6.45) is 2.53. The molecule has 0 aromatic heterocycles. The van der Waals surface area contributed by atoms with E-state index < -0.39 is 0 Å². The van der Waals surface area contributed by atoms with Gasteiger partial charge in [0.05, 0.1) is 0 Å². The van der Waals surface area contributed by atoms with Gasteiger partial charge in [0, 0.05) is 18.1 Å². The third-order valence-corrected chi connectivity index (χ3v) is 2.98. The first-order chi connectivity index (χ1) is 6.01. The second-order valence-electron chi connectivity index (χ2n) is 5.04. The van der Waals surface area contributed by atoms with Gasteiger partial charge in [0.1, 0.15) is 0 Å². The van der Waals surface area contributed by atoms with E-state index in [0.717, 1.165) is 6.54 Å². The number of nitrogens with zero attached hydrogens (tertiary/aromatic N) is 1. The predicted octanol–water partition coefficient (Wildman–Crippen LogP) is 1.86. The molecule has 0 amide bonds. The maximum Gasteiger partial charge on any atom is 0.0137 e. The Morgan fingerprint density at radius 3 is 2.54 bits per heavy atom. The maximum absolute atomic E-state index is 3.59. The second-order valence-corrected chi connectivity index (χ2v) is 5.04. The van der Waals surface area contributed by atoms with Gasteiger partial charge in [0.25, 0.3) is 0 Å².